The fourth-order valence-corrected chi connectivity index (χ4v) is 4.27. The lowest BCUT2D eigenvalue weighted by Gasteiger charge is -2.33. The lowest BCUT2D eigenvalue weighted by molar-refractivity contribution is -0.117. The number of hydrogen-bond acceptors (Lipinski definition) is 5. The standard InChI is InChI=1S/C15H16N4OS/c1-8-5-10-12(11(20)6-8)13(14-9(2)3-4-21-14)19-15(18-10)16-7-17-19/h3-4,7-8,13H,5-6H2,1-2H3,(H,16,17,18)/t8-,13+/m0/s1. The Morgan fingerprint density at radius 3 is 3.05 bits per heavy atom. The number of aromatic nitrogens is 3. The highest BCUT2D eigenvalue weighted by atomic mass is 32.1. The topological polar surface area (TPSA) is 59.8 Å². The molecule has 2 aliphatic rings. The summed E-state index contributed by atoms with van der Waals surface area (Å²) in [5, 5.41) is 9.72. The van der Waals surface area contributed by atoms with Gasteiger partial charge in [-0.2, -0.15) is 10.1 Å². The van der Waals surface area contributed by atoms with Crippen molar-refractivity contribution < 1.29 is 4.79 Å². The van der Waals surface area contributed by atoms with Crippen molar-refractivity contribution in [3.63, 3.8) is 0 Å². The van der Waals surface area contributed by atoms with Crippen LogP contribution in [0, 0.1) is 12.8 Å². The average molecular weight is 300 g/mol. The summed E-state index contributed by atoms with van der Waals surface area (Å²) in [6.07, 6.45) is 3.06. The van der Waals surface area contributed by atoms with Gasteiger partial charge in [0.25, 0.3) is 0 Å². The van der Waals surface area contributed by atoms with Crippen LogP contribution in [-0.4, -0.2) is 20.5 Å². The van der Waals surface area contributed by atoms with E-state index in [1.54, 1.807) is 17.7 Å². The largest absolute Gasteiger partial charge is 0.328 e. The molecule has 0 unspecified atom stereocenters. The van der Waals surface area contributed by atoms with Crippen LogP contribution in [0.2, 0.25) is 0 Å². The second-order valence-electron chi connectivity index (χ2n) is 5.85. The summed E-state index contributed by atoms with van der Waals surface area (Å²) in [7, 11) is 0. The van der Waals surface area contributed by atoms with E-state index in [0.29, 0.717) is 12.3 Å². The number of carbonyl (C=O) groups is 1. The molecule has 2 aromatic heterocycles. The molecule has 2 aromatic rings. The van der Waals surface area contributed by atoms with E-state index in [1.807, 2.05) is 4.68 Å². The number of rotatable bonds is 1. The van der Waals surface area contributed by atoms with E-state index < -0.39 is 0 Å². The summed E-state index contributed by atoms with van der Waals surface area (Å²) in [5.41, 5.74) is 3.10. The third-order valence-corrected chi connectivity index (χ3v) is 5.29. The monoisotopic (exact) mass is 300 g/mol. The molecule has 3 heterocycles. The average Bonchev–Trinajstić information content (AvgIpc) is 3.04. The minimum absolute atomic E-state index is 0.126. The van der Waals surface area contributed by atoms with Crippen LogP contribution in [0.3, 0.4) is 0 Å². The molecule has 6 heteroatoms. The number of nitrogens with zero attached hydrogens (tertiary/aromatic N) is 3. The smallest absolute Gasteiger partial charge is 0.226 e. The fraction of sp³-hybridized carbons (Fsp3) is 0.400. The number of hydrogen-bond donors (Lipinski definition) is 1. The highest BCUT2D eigenvalue weighted by molar-refractivity contribution is 7.10. The Hall–Kier alpha value is -1.95. The third-order valence-electron chi connectivity index (χ3n) is 4.22. The van der Waals surface area contributed by atoms with Crippen molar-refractivity contribution >= 4 is 23.1 Å². The van der Waals surface area contributed by atoms with Crippen LogP contribution in [-0.2, 0) is 4.79 Å². The predicted molar refractivity (Wildman–Crippen MR) is 81.3 cm³/mol. The normalized spacial score (nSPS) is 24.6. The molecule has 0 saturated carbocycles. The Morgan fingerprint density at radius 2 is 2.29 bits per heavy atom. The number of anilines is 1. The molecule has 5 nitrogen and oxygen atoms in total. The van der Waals surface area contributed by atoms with Crippen molar-refractivity contribution in [3.05, 3.63) is 39.5 Å². The number of ketones is 1. The molecular formula is C15H16N4OS. The molecule has 0 bridgehead atoms. The van der Waals surface area contributed by atoms with Gasteiger partial charge in [-0.3, -0.25) is 4.79 Å². The van der Waals surface area contributed by atoms with Crippen LogP contribution in [0.1, 0.15) is 36.2 Å². The van der Waals surface area contributed by atoms with Gasteiger partial charge in [0.05, 0.1) is 0 Å². The quantitative estimate of drug-likeness (QED) is 0.879. The summed E-state index contributed by atoms with van der Waals surface area (Å²) in [6.45, 7) is 4.20. The van der Waals surface area contributed by atoms with Gasteiger partial charge in [0.2, 0.25) is 5.95 Å². The number of carbonyl (C=O) groups excluding carboxylic acids is 1. The van der Waals surface area contributed by atoms with E-state index in [2.05, 4.69) is 40.7 Å². The number of Topliss-reactive ketones (excluding diaryl/α,β-unsaturated/α-hetero) is 1. The number of fused-ring (bicyclic) bond motifs is 1. The van der Waals surface area contributed by atoms with Gasteiger partial charge in [0.15, 0.2) is 5.78 Å². The van der Waals surface area contributed by atoms with Crippen molar-refractivity contribution in [2.75, 3.05) is 5.32 Å². The van der Waals surface area contributed by atoms with Crippen molar-refractivity contribution in [1.82, 2.24) is 14.8 Å². The van der Waals surface area contributed by atoms with Crippen LogP contribution in [0.5, 0.6) is 0 Å². The van der Waals surface area contributed by atoms with Crippen molar-refractivity contribution in [2.24, 2.45) is 5.92 Å². The Morgan fingerprint density at radius 1 is 1.43 bits per heavy atom. The molecule has 108 valence electrons. The van der Waals surface area contributed by atoms with Gasteiger partial charge in [-0.25, -0.2) is 4.68 Å². The highest BCUT2D eigenvalue weighted by Gasteiger charge is 2.38. The zero-order valence-corrected chi connectivity index (χ0v) is 12.8. The first kappa shape index (κ1) is 12.8. The second-order valence-corrected chi connectivity index (χ2v) is 6.80. The van der Waals surface area contributed by atoms with Gasteiger partial charge in [-0.1, -0.05) is 6.92 Å². The maximum absolute atomic E-state index is 12.6. The zero-order chi connectivity index (χ0) is 14.6. The molecule has 0 fully saturated rings. The number of allylic oxidation sites excluding steroid dienone is 2. The minimum atomic E-state index is -0.126. The molecule has 21 heavy (non-hydrogen) atoms. The van der Waals surface area contributed by atoms with Gasteiger partial charge in [0, 0.05) is 22.6 Å². The summed E-state index contributed by atoms with van der Waals surface area (Å²) in [6, 6.07) is 1.97. The zero-order valence-electron chi connectivity index (χ0n) is 12.0. The molecule has 2 atom stereocenters. The van der Waals surface area contributed by atoms with Gasteiger partial charge in [-0.15, -0.1) is 11.3 Å². The molecule has 1 aliphatic heterocycles. The number of aryl methyl sites for hydroxylation is 1. The lowest BCUT2D eigenvalue weighted by atomic mass is 9.82. The first-order valence-electron chi connectivity index (χ1n) is 7.12. The van der Waals surface area contributed by atoms with E-state index >= 15 is 0 Å². The first-order chi connectivity index (χ1) is 10.1. The molecule has 0 aromatic carbocycles. The predicted octanol–water partition coefficient (Wildman–Crippen LogP) is 2.92. The van der Waals surface area contributed by atoms with Gasteiger partial charge in [-0.05, 0) is 36.3 Å². The van der Waals surface area contributed by atoms with E-state index in [9.17, 15) is 4.79 Å². The molecule has 0 spiro atoms. The molecule has 0 radical (unpaired) electrons. The minimum Gasteiger partial charge on any atom is -0.328 e. The van der Waals surface area contributed by atoms with E-state index in [0.717, 1.165) is 23.6 Å². The summed E-state index contributed by atoms with van der Waals surface area (Å²) >= 11 is 1.68. The summed E-state index contributed by atoms with van der Waals surface area (Å²) in [4.78, 5) is 18.1. The van der Waals surface area contributed by atoms with Crippen LogP contribution in [0.15, 0.2) is 29.0 Å². The van der Waals surface area contributed by atoms with Crippen molar-refractivity contribution in [3.8, 4) is 0 Å². The van der Waals surface area contributed by atoms with E-state index in [-0.39, 0.29) is 11.8 Å². The maximum Gasteiger partial charge on any atom is 0.226 e. The fourth-order valence-electron chi connectivity index (χ4n) is 3.25. The Labute approximate surface area is 126 Å². The van der Waals surface area contributed by atoms with E-state index in [4.69, 9.17) is 0 Å². The van der Waals surface area contributed by atoms with Gasteiger partial charge in [0.1, 0.15) is 12.4 Å². The van der Waals surface area contributed by atoms with Gasteiger partial charge < -0.3 is 5.32 Å². The molecule has 0 amide bonds. The van der Waals surface area contributed by atoms with Crippen LogP contribution < -0.4 is 5.32 Å². The van der Waals surface area contributed by atoms with Crippen molar-refractivity contribution in [2.45, 2.75) is 32.7 Å². The molecule has 0 saturated heterocycles. The summed E-state index contributed by atoms with van der Waals surface area (Å²) in [5.74, 6) is 1.34. The molecule has 1 N–H and O–H groups in total. The molecule has 1 aliphatic carbocycles. The van der Waals surface area contributed by atoms with E-state index in [1.165, 1.54) is 10.4 Å². The second kappa shape index (κ2) is 4.53. The Bertz CT molecular complexity index is 757. The Balaban J connectivity index is 1.93. The molecule has 4 rings (SSSR count). The maximum atomic E-state index is 12.6. The van der Waals surface area contributed by atoms with Crippen LogP contribution >= 0.6 is 11.3 Å². The number of thiophene rings is 1. The lowest BCUT2D eigenvalue weighted by Crippen LogP contribution is -2.33. The van der Waals surface area contributed by atoms with Crippen LogP contribution in [0.25, 0.3) is 0 Å². The third kappa shape index (κ3) is 1.86. The molecular weight excluding hydrogens is 284 g/mol. The van der Waals surface area contributed by atoms with Crippen molar-refractivity contribution in [1.29, 1.82) is 0 Å². The van der Waals surface area contributed by atoms with Gasteiger partial charge >= 0.3 is 0 Å². The summed E-state index contributed by atoms with van der Waals surface area (Å²) < 4.78 is 1.84. The highest BCUT2D eigenvalue weighted by Crippen LogP contribution is 2.43. The van der Waals surface area contributed by atoms with Crippen LogP contribution in [0.4, 0.5) is 5.95 Å². The number of nitrogens with one attached hydrogen (secondary N) is 1. The SMILES string of the molecule is Cc1ccsc1[C@H]1C2=C(C[C@H](C)CC2=O)Nc2ncnn21. The first-order valence-corrected chi connectivity index (χ1v) is 8.00. The Kier molecular flexibility index (Phi) is 2.75.